The van der Waals surface area contributed by atoms with Crippen LogP contribution in [0.2, 0.25) is 0 Å². The van der Waals surface area contributed by atoms with Gasteiger partial charge in [-0.05, 0) is 40.0 Å². The van der Waals surface area contributed by atoms with E-state index in [0.29, 0.717) is 0 Å². The van der Waals surface area contributed by atoms with Gasteiger partial charge in [-0.25, -0.2) is 0 Å². The van der Waals surface area contributed by atoms with Crippen molar-refractivity contribution in [3.63, 3.8) is 0 Å². The second kappa shape index (κ2) is 3.74. The highest BCUT2D eigenvalue weighted by Crippen LogP contribution is 2.42. The Morgan fingerprint density at radius 2 is 1.71 bits per heavy atom. The zero-order chi connectivity index (χ0) is 11.8. The summed E-state index contributed by atoms with van der Waals surface area (Å²) in [6, 6.07) is 13.0. The van der Waals surface area contributed by atoms with Gasteiger partial charge in [0.15, 0.2) is 0 Å². The fraction of sp³-hybridized carbons (Fsp3) is 0.0588. The second-order valence-electron chi connectivity index (χ2n) is 4.34. The Kier molecular flexibility index (Phi) is 2.22. The average molecular weight is 218 g/mol. The zero-order valence-corrected chi connectivity index (χ0v) is 9.90. The van der Waals surface area contributed by atoms with E-state index in [-0.39, 0.29) is 0 Å². The van der Waals surface area contributed by atoms with Crippen molar-refractivity contribution in [2.45, 2.75) is 6.92 Å². The monoisotopic (exact) mass is 218 g/mol. The van der Waals surface area contributed by atoms with Gasteiger partial charge in [0.2, 0.25) is 0 Å². The molecule has 1 aliphatic rings. The summed E-state index contributed by atoms with van der Waals surface area (Å²) >= 11 is 0. The largest absolute Gasteiger partial charge is 0.0991 e. The van der Waals surface area contributed by atoms with E-state index in [1.165, 1.54) is 33.0 Å². The Morgan fingerprint density at radius 3 is 2.41 bits per heavy atom. The number of hydrogen-bond donors (Lipinski definition) is 0. The minimum atomic E-state index is 1.32. The summed E-state index contributed by atoms with van der Waals surface area (Å²) in [5.74, 6) is 0. The summed E-state index contributed by atoms with van der Waals surface area (Å²) in [6.07, 6.45) is 5.98. The quantitative estimate of drug-likeness (QED) is 0.633. The number of allylic oxidation sites excluding steroid dienone is 5. The maximum Gasteiger partial charge on any atom is -0.00299 e. The molecule has 0 N–H and O–H groups in total. The van der Waals surface area contributed by atoms with Crippen LogP contribution >= 0.6 is 0 Å². The summed E-state index contributed by atoms with van der Waals surface area (Å²) in [4.78, 5) is 0. The minimum Gasteiger partial charge on any atom is -0.0991 e. The van der Waals surface area contributed by atoms with Gasteiger partial charge in [-0.15, -0.1) is 0 Å². The summed E-state index contributed by atoms with van der Waals surface area (Å²) in [7, 11) is 0. The van der Waals surface area contributed by atoms with Crippen LogP contribution < -0.4 is 0 Å². The molecule has 0 aliphatic heterocycles. The topological polar surface area (TPSA) is 0 Å². The third kappa shape index (κ3) is 1.38. The molecule has 2 aromatic rings. The van der Waals surface area contributed by atoms with E-state index in [1.54, 1.807) is 0 Å². The molecule has 2 aromatic carbocycles. The number of hydrogen-bond acceptors (Lipinski definition) is 0. The van der Waals surface area contributed by atoms with Gasteiger partial charge in [0.1, 0.15) is 0 Å². The first-order valence-corrected chi connectivity index (χ1v) is 5.85. The molecule has 0 fully saturated rings. The van der Waals surface area contributed by atoms with Gasteiger partial charge in [0.05, 0.1) is 0 Å². The highest BCUT2D eigenvalue weighted by molar-refractivity contribution is 6.15. The average Bonchev–Trinajstić information content (AvgIpc) is 2.64. The molecule has 0 saturated heterocycles. The molecule has 0 saturated carbocycles. The predicted molar refractivity (Wildman–Crippen MR) is 75.8 cm³/mol. The molecule has 0 heteroatoms. The molecule has 0 spiro atoms. The summed E-state index contributed by atoms with van der Waals surface area (Å²) < 4.78 is 0. The van der Waals surface area contributed by atoms with Crippen LogP contribution in [0.25, 0.3) is 21.9 Å². The molecule has 0 heterocycles. The smallest absolute Gasteiger partial charge is 0.00299 e. The van der Waals surface area contributed by atoms with Crippen molar-refractivity contribution in [2.75, 3.05) is 0 Å². The van der Waals surface area contributed by atoms with Crippen LogP contribution in [0.1, 0.15) is 18.1 Å². The van der Waals surface area contributed by atoms with Crippen molar-refractivity contribution in [1.29, 1.82) is 0 Å². The maximum atomic E-state index is 3.74. The third-order valence-corrected chi connectivity index (χ3v) is 3.40. The summed E-state index contributed by atoms with van der Waals surface area (Å²) in [5, 5.41) is 2.71. The normalized spacial score (nSPS) is 13.9. The van der Waals surface area contributed by atoms with Crippen LogP contribution in [0.3, 0.4) is 0 Å². The van der Waals surface area contributed by atoms with Gasteiger partial charge in [0, 0.05) is 0 Å². The van der Waals surface area contributed by atoms with Crippen LogP contribution in [0.5, 0.6) is 0 Å². The first-order chi connectivity index (χ1) is 8.33. The molecule has 0 bridgehead atoms. The highest BCUT2D eigenvalue weighted by atomic mass is 14.2. The Hall–Kier alpha value is -2.08. The van der Waals surface area contributed by atoms with Gasteiger partial charge in [0.25, 0.3) is 0 Å². The van der Waals surface area contributed by atoms with Gasteiger partial charge in [-0.2, -0.15) is 0 Å². The van der Waals surface area contributed by atoms with Gasteiger partial charge >= 0.3 is 0 Å². The molecule has 0 nitrogen and oxygen atoms in total. The molecular formula is C17H14. The predicted octanol–water partition coefficient (Wildman–Crippen LogP) is 4.83. The molecule has 17 heavy (non-hydrogen) atoms. The summed E-state index contributed by atoms with van der Waals surface area (Å²) in [6.45, 7) is 5.93. The van der Waals surface area contributed by atoms with Crippen molar-refractivity contribution in [3.8, 4) is 0 Å². The zero-order valence-electron chi connectivity index (χ0n) is 9.90. The number of rotatable bonds is 2. The molecule has 3 rings (SSSR count). The van der Waals surface area contributed by atoms with E-state index in [4.69, 9.17) is 0 Å². The lowest BCUT2D eigenvalue weighted by atomic mass is 10.0. The fourth-order valence-electron chi connectivity index (χ4n) is 2.60. The molecule has 0 unspecified atom stereocenters. The van der Waals surface area contributed by atoms with E-state index >= 15 is 0 Å². The molecule has 1 aliphatic carbocycles. The Balaban J connectivity index is 2.36. The van der Waals surface area contributed by atoms with E-state index in [9.17, 15) is 0 Å². The standard InChI is InChI=1S/C17H14/c1-3-4-9-14-12(2)15-10-5-7-13-8-6-11-16(14)17(13)15/h3-11H,1H2,2H3/b9-4-. The van der Waals surface area contributed by atoms with E-state index < -0.39 is 0 Å². The van der Waals surface area contributed by atoms with Gasteiger partial charge in [-0.1, -0.05) is 61.2 Å². The molecule has 82 valence electrons. The Labute approximate surface area is 102 Å². The summed E-state index contributed by atoms with van der Waals surface area (Å²) in [5.41, 5.74) is 5.38. The second-order valence-corrected chi connectivity index (χ2v) is 4.34. The molecule has 0 aromatic heterocycles. The highest BCUT2D eigenvalue weighted by Gasteiger charge is 2.18. The fourth-order valence-corrected chi connectivity index (χ4v) is 2.60. The van der Waals surface area contributed by atoms with Crippen molar-refractivity contribution in [1.82, 2.24) is 0 Å². The lowest BCUT2D eigenvalue weighted by Crippen LogP contribution is -1.79. The van der Waals surface area contributed by atoms with Crippen LogP contribution in [0.4, 0.5) is 0 Å². The van der Waals surface area contributed by atoms with Crippen LogP contribution in [0.15, 0.2) is 61.2 Å². The molecule has 0 amide bonds. The first-order valence-electron chi connectivity index (χ1n) is 5.85. The SMILES string of the molecule is C=C/C=C\C1=C(C)c2cccc3cccc1c23. The maximum absolute atomic E-state index is 3.74. The van der Waals surface area contributed by atoms with E-state index in [2.05, 4.69) is 56.0 Å². The lowest BCUT2D eigenvalue weighted by molar-refractivity contribution is 1.67. The molecule has 0 radical (unpaired) electrons. The van der Waals surface area contributed by atoms with Crippen molar-refractivity contribution >= 4 is 21.9 Å². The molecular weight excluding hydrogens is 204 g/mol. The Morgan fingerprint density at radius 1 is 1.00 bits per heavy atom. The van der Waals surface area contributed by atoms with Crippen LogP contribution in [-0.4, -0.2) is 0 Å². The lowest BCUT2D eigenvalue weighted by Gasteiger charge is -2.02. The van der Waals surface area contributed by atoms with Gasteiger partial charge in [-0.3, -0.25) is 0 Å². The third-order valence-electron chi connectivity index (χ3n) is 3.40. The number of benzene rings is 2. The van der Waals surface area contributed by atoms with E-state index in [0.717, 1.165) is 0 Å². The molecule has 0 atom stereocenters. The van der Waals surface area contributed by atoms with Crippen molar-refractivity contribution in [3.05, 3.63) is 72.3 Å². The van der Waals surface area contributed by atoms with Gasteiger partial charge < -0.3 is 0 Å². The van der Waals surface area contributed by atoms with Crippen molar-refractivity contribution in [2.24, 2.45) is 0 Å². The van der Waals surface area contributed by atoms with E-state index in [1.807, 2.05) is 12.2 Å². The van der Waals surface area contributed by atoms with Crippen LogP contribution in [0, 0.1) is 0 Å². The Bertz CT molecular complexity index is 664. The van der Waals surface area contributed by atoms with Crippen molar-refractivity contribution < 1.29 is 0 Å². The van der Waals surface area contributed by atoms with Crippen LogP contribution in [-0.2, 0) is 0 Å². The minimum absolute atomic E-state index is 1.32. The first kappa shape index (κ1) is 10.1.